The Morgan fingerprint density at radius 1 is 0.765 bits per heavy atom. The molecule has 2 heteroatoms. The van der Waals surface area contributed by atoms with Crippen LogP contribution in [0.1, 0.15) is 51.4 Å². The Bertz CT molecular complexity index is 191. The third-order valence-corrected chi connectivity index (χ3v) is 5.16. The summed E-state index contributed by atoms with van der Waals surface area (Å²) in [6.45, 7) is 1.80. The molecule has 0 spiro atoms. The van der Waals surface area contributed by atoms with E-state index in [9.17, 15) is 0 Å². The van der Waals surface area contributed by atoms with Gasteiger partial charge < -0.3 is 9.47 Å². The first-order valence-electron chi connectivity index (χ1n) is 7.31. The van der Waals surface area contributed by atoms with Gasteiger partial charge in [-0.1, -0.05) is 25.7 Å². The van der Waals surface area contributed by atoms with Crippen LogP contribution in [-0.4, -0.2) is 27.4 Å². The van der Waals surface area contributed by atoms with Crippen LogP contribution in [0.2, 0.25) is 0 Å². The van der Waals surface area contributed by atoms with E-state index in [1.54, 1.807) is 0 Å². The van der Waals surface area contributed by atoms with Gasteiger partial charge in [0.05, 0.1) is 13.2 Å². The van der Waals surface area contributed by atoms with E-state index >= 15 is 0 Å². The molecule has 0 aromatic rings. The molecule has 0 aliphatic heterocycles. The summed E-state index contributed by atoms with van der Waals surface area (Å²) in [7, 11) is 3.71. The van der Waals surface area contributed by atoms with Crippen molar-refractivity contribution in [3.05, 3.63) is 0 Å². The molecule has 100 valence electrons. The average Bonchev–Trinajstić information content (AvgIpc) is 3.02. The fourth-order valence-corrected chi connectivity index (χ4v) is 4.39. The van der Waals surface area contributed by atoms with Crippen molar-refractivity contribution in [1.29, 1.82) is 0 Å². The molecule has 0 amide bonds. The lowest BCUT2D eigenvalue weighted by molar-refractivity contribution is -0.0674. The van der Waals surface area contributed by atoms with E-state index in [-0.39, 0.29) is 0 Å². The molecule has 17 heavy (non-hydrogen) atoms. The highest BCUT2D eigenvalue weighted by Gasteiger charge is 2.46. The van der Waals surface area contributed by atoms with Crippen molar-refractivity contribution in [1.82, 2.24) is 0 Å². The van der Waals surface area contributed by atoms with Crippen LogP contribution in [0, 0.1) is 17.3 Å². The van der Waals surface area contributed by atoms with Crippen LogP contribution < -0.4 is 0 Å². The van der Waals surface area contributed by atoms with Crippen LogP contribution >= 0.6 is 0 Å². The van der Waals surface area contributed by atoms with E-state index < -0.39 is 0 Å². The summed E-state index contributed by atoms with van der Waals surface area (Å²) in [6, 6.07) is 0. The molecule has 0 N–H and O–H groups in total. The van der Waals surface area contributed by atoms with E-state index in [2.05, 4.69) is 0 Å². The SMILES string of the molecule is COCC(COC)(C1CCCC1)C1CCCC1. The van der Waals surface area contributed by atoms with Crippen molar-refractivity contribution in [2.45, 2.75) is 51.4 Å². The largest absolute Gasteiger partial charge is 0.384 e. The third-order valence-electron chi connectivity index (χ3n) is 5.16. The maximum atomic E-state index is 5.60. The molecular formula is C15H28O2. The zero-order valence-electron chi connectivity index (χ0n) is 11.5. The van der Waals surface area contributed by atoms with Gasteiger partial charge in [0.25, 0.3) is 0 Å². The van der Waals surface area contributed by atoms with Gasteiger partial charge in [0, 0.05) is 19.6 Å². The number of hydrogen-bond donors (Lipinski definition) is 0. The summed E-state index contributed by atoms with van der Waals surface area (Å²) in [5, 5.41) is 0. The Kier molecular flexibility index (Phi) is 4.87. The fourth-order valence-electron chi connectivity index (χ4n) is 4.39. The standard InChI is InChI=1S/C15H28O2/c1-16-11-15(12-17-2,13-7-3-4-8-13)14-9-5-6-10-14/h13-14H,3-12H2,1-2H3. The van der Waals surface area contributed by atoms with E-state index in [4.69, 9.17) is 9.47 Å². The number of hydrogen-bond acceptors (Lipinski definition) is 2. The van der Waals surface area contributed by atoms with Crippen LogP contribution in [-0.2, 0) is 9.47 Å². The topological polar surface area (TPSA) is 18.5 Å². The molecule has 2 fully saturated rings. The second-order valence-electron chi connectivity index (χ2n) is 6.06. The summed E-state index contributed by atoms with van der Waals surface area (Å²) in [5.74, 6) is 1.68. The molecule has 2 aliphatic carbocycles. The van der Waals surface area contributed by atoms with Crippen molar-refractivity contribution in [3.8, 4) is 0 Å². The lowest BCUT2D eigenvalue weighted by Crippen LogP contribution is -2.44. The zero-order valence-corrected chi connectivity index (χ0v) is 11.5. The first kappa shape index (κ1) is 13.4. The van der Waals surface area contributed by atoms with Gasteiger partial charge in [0.2, 0.25) is 0 Å². The minimum absolute atomic E-state index is 0.316. The molecule has 0 radical (unpaired) electrons. The quantitative estimate of drug-likeness (QED) is 0.705. The summed E-state index contributed by atoms with van der Waals surface area (Å²) < 4.78 is 11.2. The molecule has 2 nitrogen and oxygen atoms in total. The summed E-state index contributed by atoms with van der Waals surface area (Å²) in [5.41, 5.74) is 0.316. The second-order valence-corrected chi connectivity index (χ2v) is 6.06. The Hall–Kier alpha value is -0.0800. The van der Waals surface area contributed by atoms with Gasteiger partial charge in [0.1, 0.15) is 0 Å². The molecule has 2 rings (SSSR count). The van der Waals surface area contributed by atoms with E-state index in [1.807, 2.05) is 14.2 Å². The van der Waals surface area contributed by atoms with Gasteiger partial charge in [-0.3, -0.25) is 0 Å². The van der Waals surface area contributed by atoms with Gasteiger partial charge in [-0.25, -0.2) is 0 Å². The fraction of sp³-hybridized carbons (Fsp3) is 1.00. The van der Waals surface area contributed by atoms with Gasteiger partial charge in [-0.15, -0.1) is 0 Å². The molecule has 0 bridgehead atoms. The van der Waals surface area contributed by atoms with E-state index in [0.29, 0.717) is 5.41 Å². The monoisotopic (exact) mass is 240 g/mol. The maximum Gasteiger partial charge on any atom is 0.0546 e. The summed E-state index contributed by atoms with van der Waals surface area (Å²) in [6.07, 6.45) is 11.2. The molecule has 0 aromatic carbocycles. The van der Waals surface area contributed by atoms with Crippen LogP contribution in [0.15, 0.2) is 0 Å². The molecule has 0 saturated heterocycles. The first-order chi connectivity index (χ1) is 8.33. The summed E-state index contributed by atoms with van der Waals surface area (Å²) >= 11 is 0. The van der Waals surface area contributed by atoms with Gasteiger partial charge in [-0.05, 0) is 37.5 Å². The summed E-state index contributed by atoms with van der Waals surface area (Å²) in [4.78, 5) is 0. The molecule has 0 unspecified atom stereocenters. The normalized spacial score (nSPS) is 23.6. The smallest absolute Gasteiger partial charge is 0.0546 e. The van der Waals surface area contributed by atoms with Crippen molar-refractivity contribution in [2.24, 2.45) is 17.3 Å². The molecular weight excluding hydrogens is 212 g/mol. The van der Waals surface area contributed by atoms with Crippen molar-refractivity contribution in [2.75, 3.05) is 27.4 Å². The average molecular weight is 240 g/mol. The molecule has 0 aromatic heterocycles. The van der Waals surface area contributed by atoms with Gasteiger partial charge in [-0.2, -0.15) is 0 Å². The highest BCUT2D eigenvalue weighted by molar-refractivity contribution is 4.95. The maximum absolute atomic E-state index is 5.60. The van der Waals surface area contributed by atoms with Gasteiger partial charge in [0.15, 0.2) is 0 Å². The predicted octanol–water partition coefficient (Wildman–Crippen LogP) is 3.65. The minimum Gasteiger partial charge on any atom is -0.384 e. The van der Waals surface area contributed by atoms with Crippen molar-refractivity contribution < 1.29 is 9.47 Å². The first-order valence-corrected chi connectivity index (χ1v) is 7.31. The highest BCUT2D eigenvalue weighted by atomic mass is 16.5. The third kappa shape index (κ3) is 2.68. The Balaban J connectivity index is 2.16. The van der Waals surface area contributed by atoms with Crippen LogP contribution in [0.3, 0.4) is 0 Å². The minimum atomic E-state index is 0.316. The molecule has 2 saturated carbocycles. The van der Waals surface area contributed by atoms with Gasteiger partial charge >= 0.3 is 0 Å². The highest BCUT2D eigenvalue weighted by Crippen LogP contribution is 2.50. The Labute approximate surface area is 106 Å². The molecule has 2 aliphatic rings. The van der Waals surface area contributed by atoms with Crippen LogP contribution in [0.5, 0.6) is 0 Å². The van der Waals surface area contributed by atoms with Crippen molar-refractivity contribution in [3.63, 3.8) is 0 Å². The zero-order chi connectivity index (χ0) is 12.1. The molecule has 0 heterocycles. The lowest BCUT2D eigenvalue weighted by atomic mass is 9.66. The van der Waals surface area contributed by atoms with E-state index in [0.717, 1.165) is 25.0 Å². The van der Waals surface area contributed by atoms with Crippen LogP contribution in [0.25, 0.3) is 0 Å². The Morgan fingerprint density at radius 3 is 1.41 bits per heavy atom. The van der Waals surface area contributed by atoms with Crippen LogP contribution in [0.4, 0.5) is 0 Å². The number of methoxy groups -OCH3 is 2. The Morgan fingerprint density at radius 2 is 1.12 bits per heavy atom. The second kappa shape index (κ2) is 6.19. The predicted molar refractivity (Wildman–Crippen MR) is 70.1 cm³/mol. The number of ether oxygens (including phenoxy) is 2. The molecule has 0 atom stereocenters. The lowest BCUT2D eigenvalue weighted by Gasteiger charge is -2.43. The number of rotatable bonds is 6. The van der Waals surface area contributed by atoms with E-state index in [1.165, 1.54) is 51.4 Å². The van der Waals surface area contributed by atoms with Crippen molar-refractivity contribution >= 4 is 0 Å².